The molecule has 0 radical (unpaired) electrons. The fraction of sp³-hybridized carbons (Fsp3) is 0.333. The van der Waals surface area contributed by atoms with Crippen LogP contribution in [0.1, 0.15) is 66.9 Å². The van der Waals surface area contributed by atoms with E-state index >= 15 is 0 Å². The number of ether oxygens (including phenoxy) is 3. The molecular weight excluding hydrogens is 599 g/mol. The molecule has 3 rings (SSSR count). The first kappa shape index (κ1) is 34.9. The molecule has 3 aromatic rings. The van der Waals surface area contributed by atoms with Crippen molar-refractivity contribution in [3.05, 3.63) is 83.4 Å². The molecule has 3 aromatic carbocycles. The van der Waals surface area contributed by atoms with Crippen LogP contribution in [0.25, 0.3) is 11.6 Å². The molecule has 4 N–H and O–H groups in total. The van der Waals surface area contributed by atoms with Gasteiger partial charge in [0.1, 0.15) is 11.5 Å². The number of esters is 2. The number of carbonyl (C=O) groups is 2. The summed E-state index contributed by atoms with van der Waals surface area (Å²) in [5.41, 5.74) is 14.2. The molecule has 0 aliphatic rings. The van der Waals surface area contributed by atoms with Crippen molar-refractivity contribution in [1.29, 1.82) is 0 Å². The standard InChI is InChI=1S/C33H35F5N2O5/c1-2-3-4-5-16-44-31(42)29(24-19-25(39)21-26(40)20-24)18-22-7-11-28(12-8-22)45-30(41)23-9-13-27(14-10-23)43-17-6-15-32(34,35)33(36,37)38/h7-14,18-21H,2-6,15-17,39-40H2,1H3. The average molecular weight is 635 g/mol. The summed E-state index contributed by atoms with van der Waals surface area (Å²) in [6.07, 6.45) is -2.10. The molecule has 0 saturated heterocycles. The van der Waals surface area contributed by atoms with Gasteiger partial charge < -0.3 is 25.7 Å². The third-order valence-corrected chi connectivity index (χ3v) is 6.55. The van der Waals surface area contributed by atoms with Crippen molar-refractivity contribution in [2.75, 3.05) is 24.7 Å². The normalized spacial score (nSPS) is 12.1. The van der Waals surface area contributed by atoms with Gasteiger partial charge in [0.25, 0.3) is 0 Å². The van der Waals surface area contributed by atoms with Crippen molar-refractivity contribution in [3.8, 4) is 11.5 Å². The van der Waals surface area contributed by atoms with E-state index in [0.29, 0.717) is 22.5 Å². The van der Waals surface area contributed by atoms with Crippen LogP contribution in [-0.2, 0) is 9.53 Å². The van der Waals surface area contributed by atoms with Crippen LogP contribution in [0.5, 0.6) is 11.5 Å². The molecule has 0 atom stereocenters. The van der Waals surface area contributed by atoms with Crippen LogP contribution in [0, 0.1) is 0 Å². The van der Waals surface area contributed by atoms with E-state index in [9.17, 15) is 31.5 Å². The predicted octanol–water partition coefficient (Wildman–Crippen LogP) is 8.09. The van der Waals surface area contributed by atoms with E-state index in [4.69, 9.17) is 25.7 Å². The Bertz CT molecular complexity index is 1440. The number of halogens is 5. The molecule has 0 heterocycles. The third-order valence-electron chi connectivity index (χ3n) is 6.55. The lowest BCUT2D eigenvalue weighted by atomic mass is 10.0. The van der Waals surface area contributed by atoms with Crippen LogP contribution in [0.4, 0.5) is 33.3 Å². The molecule has 0 amide bonds. The maximum Gasteiger partial charge on any atom is 0.453 e. The second kappa shape index (κ2) is 15.9. The van der Waals surface area contributed by atoms with Crippen molar-refractivity contribution in [3.63, 3.8) is 0 Å². The van der Waals surface area contributed by atoms with E-state index in [2.05, 4.69) is 6.92 Å². The van der Waals surface area contributed by atoms with Gasteiger partial charge >= 0.3 is 24.0 Å². The highest BCUT2D eigenvalue weighted by Gasteiger charge is 2.56. The third kappa shape index (κ3) is 10.8. The summed E-state index contributed by atoms with van der Waals surface area (Å²) < 4.78 is 78.9. The minimum absolute atomic E-state index is 0.151. The molecule has 0 spiro atoms. The molecule has 0 bridgehead atoms. The largest absolute Gasteiger partial charge is 0.494 e. The van der Waals surface area contributed by atoms with Gasteiger partial charge in [0.15, 0.2) is 0 Å². The number of alkyl halides is 5. The zero-order valence-electron chi connectivity index (χ0n) is 24.7. The molecule has 242 valence electrons. The number of unbranched alkanes of at least 4 members (excludes halogenated alkanes) is 3. The highest BCUT2D eigenvalue weighted by Crippen LogP contribution is 2.38. The van der Waals surface area contributed by atoms with Gasteiger partial charge in [-0.1, -0.05) is 38.3 Å². The first-order valence-corrected chi connectivity index (χ1v) is 14.3. The van der Waals surface area contributed by atoms with Crippen LogP contribution in [0.2, 0.25) is 0 Å². The highest BCUT2D eigenvalue weighted by molar-refractivity contribution is 6.22. The fourth-order valence-electron chi connectivity index (χ4n) is 4.14. The Morgan fingerprint density at radius 3 is 1.98 bits per heavy atom. The van der Waals surface area contributed by atoms with Gasteiger partial charge in [-0.15, -0.1) is 0 Å². The van der Waals surface area contributed by atoms with Gasteiger partial charge in [-0.05, 0) is 84.6 Å². The number of nitrogen functional groups attached to an aromatic ring is 2. The lowest BCUT2D eigenvalue weighted by molar-refractivity contribution is -0.284. The van der Waals surface area contributed by atoms with Crippen molar-refractivity contribution in [2.45, 2.75) is 57.5 Å². The van der Waals surface area contributed by atoms with Crippen LogP contribution in [-0.4, -0.2) is 37.3 Å². The summed E-state index contributed by atoms with van der Waals surface area (Å²) >= 11 is 0. The van der Waals surface area contributed by atoms with Crippen LogP contribution >= 0.6 is 0 Å². The number of hydrogen-bond acceptors (Lipinski definition) is 7. The zero-order valence-corrected chi connectivity index (χ0v) is 24.7. The first-order chi connectivity index (χ1) is 21.3. The monoisotopic (exact) mass is 634 g/mol. The second-order valence-electron chi connectivity index (χ2n) is 10.3. The van der Waals surface area contributed by atoms with Crippen LogP contribution < -0.4 is 20.9 Å². The fourth-order valence-corrected chi connectivity index (χ4v) is 4.14. The molecule has 7 nitrogen and oxygen atoms in total. The quantitative estimate of drug-likeness (QED) is 0.0330. The summed E-state index contributed by atoms with van der Waals surface area (Å²) in [5.74, 6) is -5.60. The summed E-state index contributed by atoms with van der Waals surface area (Å²) in [6.45, 7) is 2.00. The summed E-state index contributed by atoms with van der Waals surface area (Å²) in [6, 6.07) is 16.7. The second-order valence-corrected chi connectivity index (χ2v) is 10.3. The molecule has 0 aromatic heterocycles. The van der Waals surface area contributed by atoms with E-state index in [-0.39, 0.29) is 35.8 Å². The van der Waals surface area contributed by atoms with Gasteiger partial charge in [-0.25, -0.2) is 9.59 Å². The Balaban J connectivity index is 1.62. The Kier molecular flexibility index (Phi) is 12.3. The van der Waals surface area contributed by atoms with E-state index in [0.717, 1.165) is 25.7 Å². The zero-order chi connectivity index (χ0) is 33.0. The number of hydrogen-bond donors (Lipinski definition) is 2. The Hall–Kier alpha value is -4.61. The number of anilines is 2. The molecule has 0 saturated carbocycles. The average Bonchev–Trinajstić information content (AvgIpc) is 2.98. The van der Waals surface area contributed by atoms with Crippen molar-refractivity contribution < 1.29 is 45.8 Å². The van der Waals surface area contributed by atoms with Gasteiger partial charge in [0.05, 0.1) is 24.4 Å². The maximum atomic E-state index is 13.0. The Morgan fingerprint density at radius 2 is 1.38 bits per heavy atom. The van der Waals surface area contributed by atoms with Crippen LogP contribution in [0.3, 0.4) is 0 Å². The SMILES string of the molecule is CCCCCCOC(=O)C(=Cc1ccc(OC(=O)c2ccc(OCCCC(F)(F)C(F)(F)F)cc2)cc1)c1cc(N)cc(N)c1. The van der Waals surface area contributed by atoms with E-state index < -0.39 is 36.9 Å². The molecular formula is C33H35F5N2O5. The van der Waals surface area contributed by atoms with Crippen molar-refractivity contribution in [1.82, 2.24) is 0 Å². The minimum Gasteiger partial charge on any atom is -0.494 e. The molecule has 12 heteroatoms. The van der Waals surface area contributed by atoms with Crippen molar-refractivity contribution in [2.24, 2.45) is 0 Å². The van der Waals surface area contributed by atoms with Gasteiger partial charge in [0, 0.05) is 17.8 Å². The van der Waals surface area contributed by atoms with E-state index in [1.165, 1.54) is 24.3 Å². The van der Waals surface area contributed by atoms with Crippen molar-refractivity contribution >= 4 is 35.0 Å². The highest BCUT2D eigenvalue weighted by atomic mass is 19.4. The van der Waals surface area contributed by atoms with Gasteiger partial charge in [-0.3, -0.25) is 0 Å². The van der Waals surface area contributed by atoms with E-state index in [1.807, 2.05) is 0 Å². The van der Waals surface area contributed by atoms with Crippen LogP contribution in [0.15, 0.2) is 66.7 Å². The number of nitrogens with two attached hydrogens (primary N) is 2. The molecule has 45 heavy (non-hydrogen) atoms. The molecule has 0 fully saturated rings. The number of rotatable bonds is 15. The number of benzene rings is 3. The first-order valence-electron chi connectivity index (χ1n) is 14.3. The lowest BCUT2D eigenvalue weighted by Gasteiger charge is -2.19. The summed E-state index contributed by atoms with van der Waals surface area (Å²) in [5, 5.41) is 0. The number of carbonyl (C=O) groups excluding carboxylic acids is 2. The van der Waals surface area contributed by atoms with E-state index in [1.54, 1.807) is 48.5 Å². The summed E-state index contributed by atoms with van der Waals surface area (Å²) in [7, 11) is 0. The summed E-state index contributed by atoms with van der Waals surface area (Å²) in [4.78, 5) is 25.6. The molecule has 0 aliphatic carbocycles. The topological polar surface area (TPSA) is 114 Å². The Morgan fingerprint density at radius 1 is 0.756 bits per heavy atom. The maximum absolute atomic E-state index is 13.0. The predicted molar refractivity (Wildman–Crippen MR) is 162 cm³/mol. The van der Waals surface area contributed by atoms with Gasteiger partial charge in [-0.2, -0.15) is 22.0 Å². The smallest absolute Gasteiger partial charge is 0.453 e. The Labute approximate surface area is 258 Å². The minimum atomic E-state index is -5.61. The lowest BCUT2D eigenvalue weighted by Crippen LogP contribution is -2.36. The molecule has 0 aliphatic heterocycles. The van der Waals surface area contributed by atoms with Gasteiger partial charge in [0.2, 0.25) is 0 Å². The molecule has 0 unspecified atom stereocenters.